The van der Waals surface area contributed by atoms with Gasteiger partial charge in [0.2, 0.25) is 0 Å². The number of nitrogens with one attached hydrogen (secondary N) is 2. The van der Waals surface area contributed by atoms with E-state index in [0.29, 0.717) is 6.54 Å². The first-order chi connectivity index (χ1) is 9.83. The van der Waals surface area contributed by atoms with Gasteiger partial charge in [-0.05, 0) is 50.2 Å². The highest BCUT2D eigenvalue weighted by molar-refractivity contribution is 7.94. The molecule has 0 bridgehead atoms. The standard InChI is InChI=1S/C14H17FN2O2S2/c1-9-4-5-11(15)12(6-9)17-21(18,19)14-7-10(2)13(20-14)8-16-3/h4-7,16-17H,8H2,1-3H3. The van der Waals surface area contributed by atoms with Crippen LogP contribution in [0.15, 0.2) is 28.5 Å². The lowest BCUT2D eigenvalue weighted by Crippen LogP contribution is -2.12. The Kier molecular flexibility index (Phi) is 4.65. The minimum atomic E-state index is -3.77. The van der Waals surface area contributed by atoms with Crippen LogP contribution in [-0.4, -0.2) is 15.5 Å². The van der Waals surface area contributed by atoms with Gasteiger partial charge >= 0.3 is 0 Å². The molecule has 4 nitrogen and oxygen atoms in total. The van der Waals surface area contributed by atoms with Crippen LogP contribution in [-0.2, 0) is 16.6 Å². The van der Waals surface area contributed by atoms with Gasteiger partial charge < -0.3 is 5.32 Å². The predicted octanol–water partition coefficient (Wildman–Crippen LogP) is 3.02. The second kappa shape index (κ2) is 6.13. The van der Waals surface area contributed by atoms with Crippen molar-refractivity contribution in [2.75, 3.05) is 11.8 Å². The van der Waals surface area contributed by atoms with E-state index >= 15 is 0 Å². The number of halogens is 1. The molecule has 2 N–H and O–H groups in total. The molecule has 0 atom stereocenters. The van der Waals surface area contributed by atoms with Crippen LogP contribution in [0.1, 0.15) is 16.0 Å². The van der Waals surface area contributed by atoms with E-state index in [4.69, 9.17) is 0 Å². The van der Waals surface area contributed by atoms with Gasteiger partial charge in [-0.2, -0.15) is 0 Å². The number of thiophene rings is 1. The lowest BCUT2D eigenvalue weighted by molar-refractivity contribution is 0.600. The first-order valence-electron chi connectivity index (χ1n) is 6.36. The van der Waals surface area contributed by atoms with Crippen molar-refractivity contribution in [1.29, 1.82) is 0 Å². The summed E-state index contributed by atoms with van der Waals surface area (Å²) in [5.41, 5.74) is 1.66. The zero-order valence-electron chi connectivity index (χ0n) is 12.0. The highest BCUT2D eigenvalue weighted by atomic mass is 32.2. The van der Waals surface area contributed by atoms with E-state index in [0.717, 1.165) is 16.0 Å². The van der Waals surface area contributed by atoms with Crippen molar-refractivity contribution in [1.82, 2.24) is 5.32 Å². The fourth-order valence-corrected chi connectivity index (χ4v) is 4.53. The molecule has 1 aromatic heterocycles. The molecule has 21 heavy (non-hydrogen) atoms. The van der Waals surface area contributed by atoms with E-state index < -0.39 is 15.8 Å². The zero-order chi connectivity index (χ0) is 15.6. The number of rotatable bonds is 5. The predicted molar refractivity (Wildman–Crippen MR) is 83.8 cm³/mol. The summed E-state index contributed by atoms with van der Waals surface area (Å²) in [6, 6.07) is 5.92. The lowest BCUT2D eigenvalue weighted by atomic mass is 10.2. The van der Waals surface area contributed by atoms with Crippen molar-refractivity contribution in [2.24, 2.45) is 0 Å². The Balaban J connectivity index is 2.34. The van der Waals surface area contributed by atoms with E-state index in [1.807, 2.05) is 6.92 Å². The summed E-state index contributed by atoms with van der Waals surface area (Å²) in [7, 11) is -1.97. The quantitative estimate of drug-likeness (QED) is 0.887. The van der Waals surface area contributed by atoms with Crippen LogP contribution in [0.2, 0.25) is 0 Å². The fraction of sp³-hybridized carbons (Fsp3) is 0.286. The minimum Gasteiger partial charge on any atom is -0.315 e. The Morgan fingerprint density at radius 2 is 1.95 bits per heavy atom. The van der Waals surface area contributed by atoms with Gasteiger partial charge in [0.15, 0.2) is 0 Å². The monoisotopic (exact) mass is 328 g/mol. The second-order valence-electron chi connectivity index (χ2n) is 4.79. The van der Waals surface area contributed by atoms with Crippen LogP contribution in [0.5, 0.6) is 0 Å². The van der Waals surface area contributed by atoms with Crippen molar-refractivity contribution in [3.63, 3.8) is 0 Å². The molecule has 0 amide bonds. The molecule has 2 rings (SSSR count). The summed E-state index contributed by atoms with van der Waals surface area (Å²) in [6.07, 6.45) is 0. The van der Waals surface area contributed by atoms with Crippen LogP contribution in [0.25, 0.3) is 0 Å². The summed E-state index contributed by atoms with van der Waals surface area (Å²) < 4.78 is 40.9. The van der Waals surface area contributed by atoms with Crippen molar-refractivity contribution >= 4 is 27.0 Å². The van der Waals surface area contributed by atoms with Gasteiger partial charge in [0, 0.05) is 11.4 Å². The van der Waals surface area contributed by atoms with Gasteiger partial charge in [-0.25, -0.2) is 12.8 Å². The first-order valence-corrected chi connectivity index (χ1v) is 8.66. The van der Waals surface area contributed by atoms with Gasteiger partial charge in [0.1, 0.15) is 10.0 Å². The van der Waals surface area contributed by atoms with Gasteiger partial charge in [0.05, 0.1) is 5.69 Å². The van der Waals surface area contributed by atoms with Crippen LogP contribution < -0.4 is 10.0 Å². The summed E-state index contributed by atoms with van der Waals surface area (Å²) in [6.45, 7) is 4.23. The molecule has 7 heteroatoms. The number of hydrogen-bond donors (Lipinski definition) is 2. The van der Waals surface area contributed by atoms with Gasteiger partial charge in [0.25, 0.3) is 10.0 Å². The molecule has 0 aliphatic rings. The third kappa shape index (κ3) is 3.61. The molecule has 2 aromatic rings. The highest BCUT2D eigenvalue weighted by Crippen LogP contribution is 2.28. The van der Waals surface area contributed by atoms with E-state index in [9.17, 15) is 12.8 Å². The topological polar surface area (TPSA) is 58.2 Å². The summed E-state index contributed by atoms with van der Waals surface area (Å²) >= 11 is 1.18. The molecule has 0 saturated heterocycles. The number of hydrogen-bond acceptors (Lipinski definition) is 4. The van der Waals surface area contributed by atoms with E-state index in [1.54, 1.807) is 26.1 Å². The Morgan fingerprint density at radius 3 is 2.62 bits per heavy atom. The van der Waals surface area contributed by atoms with Crippen molar-refractivity contribution in [3.8, 4) is 0 Å². The SMILES string of the molecule is CNCc1sc(S(=O)(=O)Nc2cc(C)ccc2F)cc1C. The average Bonchev–Trinajstić information content (AvgIpc) is 2.77. The number of anilines is 1. The van der Waals surface area contributed by atoms with Crippen molar-refractivity contribution < 1.29 is 12.8 Å². The van der Waals surface area contributed by atoms with E-state index in [2.05, 4.69) is 10.0 Å². The Bertz CT molecular complexity index is 754. The average molecular weight is 328 g/mol. The smallest absolute Gasteiger partial charge is 0.271 e. The third-order valence-electron chi connectivity index (χ3n) is 2.97. The summed E-state index contributed by atoms with van der Waals surface area (Å²) in [4.78, 5) is 0.947. The molecule has 0 radical (unpaired) electrons. The molecule has 1 heterocycles. The summed E-state index contributed by atoms with van der Waals surface area (Å²) in [5.74, 6) is -0.590. The molecule has 0 spiro atoms. The van der Waals surface area contributed by atoms with Crippen molar-refractivity contribution in [3.05, 3.63) is 46.1 Å². The van der Waals surface area contributed by atoms with Crippen LogP contribution in [0.4, 0.5) is 10.1 Å². The van der Waals surface area contributed by atoms with Crippen LogP contribution >= 0.6 is 11.3 Å². The van der Waals surface area contributed by atoms with Gasteiger partial charge in [-0.3, -0.25) is 4.72 Å². The van der Waals surface area contributed by atoms with Gasteiger partial charge in [-0.1, -0.05) is 6.07 Å². The largest absolute Gasteiger partial charge is 0.315 e. The number of sulfonamides is 1. The van der Waals surface area contributed by atoms with Crippen molar-refractivity contribution in [2.45, 2.75) is 24.6 Å². The Hall–Kier alpha value is -1.44. The van der Waals surface area contributed by atoms with E-state index in [1.165, 1.54) is 23.5 Å². The molecular weight excluding hydrogens is 311 g/mol. The minimum absolute atomic E-state index is 0.0313. The third-order valence-corrected chi connectivity index (χ3v) is 6.04. The van der Waals surface area contributed by atoms with Crippen LogP contribution in [0, 0.1) is 19.7 Å². The lowest BCUT2D eigenvalue weighted by Gasteiger charge is -2.08. The first kappa shape index (κ1) is 15.9. The Labute approximate surface area is 128 Å². The van der Waals surface area contributed by atoms with Gasteiger partial charge in [-0.15, -0.1) is 11.3 Å². The molecule has 0 unspecified atom stereocenters. The molecule has 1 aromatic carbocycles. The summed E-state index contributed by atoms with van der Waals surface area (Å²) in [5, 5.41) is 2.99. The highest BCUT2D eigenvalue weighted by Gasteiger charge is 2.20. The molecule has 0 saturated carbocycles. The number of benzene rings is 1. The maximum absolute atomic E-state index is 13.7. The normalized spacial score (nSPS) is 11.6. The Morgan fingerprint density at radius 1 is 1.24 bits per heavy atom. The maximum Gasteiger partial charge on any atom is 0.271 e. The molecule has 114 valence electrons. The zero-order valence-corrected chi connectivity index (χ0v) is 13.7. The molecule has 0 aliphatic heterocycles. The molecular formula is C14H17FN2O2S2. The number of aryl methyl sites for hydroxylation is 2. The van der Waals surface area contributed by atoms with E-state index in [-0.39, 0.29) is 9.90 Å². The van der Waals surface area contributed by atoms with Crippen LogP contribution in [0.3, 0.4) is 0 Å². The second-order valence-corrected chi connectivity index (χ2v) is 7.84. The fourth-order valence-electron chi connectivity index (χ4n) is 1.87. The molecule has 0 aliphatic carbocycles. The molecule has 0 fully saturated rings. The maximum atomic E-state index is 13.7.